The monoisotopic (exact) mass is 395 g/mol. The molecule has 0 spiro atoms. The van der Waals surface area contributed by atoms with Crippen LogP contribution in [-0.2, 0) is 26.6 Å². The smallest absolute Gasteiger partial charge is 0.408 e. The number of nitrogens with zero attached hydrogens (tertiary/aromatic N) is 3. The number of aryl methyl sites for hydroxylation is 1. The third-order valence-electron chi connectivity index (χ3n) is 5.18. The lowest BCUT2D eigenvalue weighted by Crippen LogP contribution is -2.50. The molecule has 4 rings (SSSR count). The van der Waals surface area contributed by atoms with Crippen LogP contribution in [0, 0.1) is 0 Å². The van der Waals surface area contributed by atoms with E-state index in [9.17, 15) is 18.0 Å². The first-order valence-electron chi connectivity index (χ1n) is 8.87. The molecule has 10 heteroatoms. The van der Waals surface area contributed by atoms with Crippen molar-refractivity contribution in [2.45, 2.75) is 23.8 Å². The molecule has 9 nitrogen and oxygen atoms in total. The van der Waals surface area contributed by atoms with Crippen molar-refractivity contribution in [3.63, 3.8) is 0 Å². The maximum absolute atomic E-state index is 13.2. The van der Waals surface area contributed by atoms with Gasteiger partial charge < -0.3 is 14.1 Å². The number of rotatable bonds is 3. The fourth-order valence-electron chi connectivity index (χ4n) is 3.68. The zero-order valence-electron chi connectivity index (χ0n) is 15.0. The van der Waals surface area contributed by atoms with Crippen LogP contribution in [0.15, 0.2) is 32.3 Å². The normalized spacial score (nSPS) is 21.8. The molecule has 0 aliphatic carbocycles. The summed E-state index contributed by atoms with van der Waals surface area (Å²) in [5, 5.41) is 0. The lowest BCUT2D eigenvalue weighted by Gasteiger charge is -2.32. The van der Waals surface area contributed by atoms with E-state index in [1.807, 2.05) is 0 Å². The van der Waals surface area contributed by atoms with Crippen LogP contribution < -0.4 is 5.76 Å². The highest BCUT2D eigenvalue weighted by molar-refractivity contribution is 7.89. The Morgan fingerprint density at radius 3 is 2.67 bits per heavy atom. The predicted molar refractivity (Wildman–Crippen MR) is 95.8 cm³/mol. The highest BCUT2D eigenvalue weighted by Crippen LogP contribution is 2.29. The summed E-state index contributed by atoms with van der Waals surface area (Å²) in [5.41, 5.74) is 0.722. The van der Waals surface area contributed by atoms with E-state index in [4.69, 9.17) is 9.15 Å². The Bertz CT molecular complexity index is 1030. The minimum Gasteiger partial charge on any atom is -0.408 e. The SMILES string of the molecule is Cn1c(=O)oc2cc(S(=O)(=O)N3CCC[C@H]3C(=O)N3CCOCC3)ccc21. The third kappa shape index (κ3) is 3.07. The van der Waals surface area contributed by atoms with E-state index in [2.05, 4.69) is 0 Å². The molecule has 1 amide bonds. The number of morpholine rings is 1. The van der Waals surface area contributed by atoms with Crippen molar-refractivity contribution in [3.05, 3.63) is 28.7 Å². The van der Waals surface area contributed by atoms with E-state index in [1.54, 1.807) is 18.0 Å². The van der Waals surface area contributed by atoms with Crippen molar-refractivity contribution in [2.24, 2.45) is 7.05 Å². The van der Waals surface area contributed by atoms with E-state index in [0.717, 1.165) is 0 Å². The second-order valence-electron chi connectivity index (χ2n) is 6.77. The Labute approximate surface area is 156 Å². The first-order valence-corrected chi connectivity index (χ1v) is 10.3. The number of oxazole rings is 1. The molecule has 146 valence electrons. The van der Waals surface area contributed by atoms with E-state index in [-0.39, 0.29) is 16.4 Å². The average Bonchev–Trinajstić information content (AvgIpc) is 3.27. The van der Waals surface area contributed by atoms with Gasteiger partial charge >= 0.3 is 5.76 Å². The van der Waals surface area contributed by atoms with Crippen LogP contribution in [-0.4, -0.2) is 67.0 Å². The fourth-order valence-corrected chi connectivity index (χ4v) is 5.35. The van der Waals surface area contributed by atoms with E-state index in [0.29, 0.717) is 51.2 Å². The second-order valence-corrected chi connectivity index (χ2v) is 8.66. The van der Waals surface area contributed by atoms with E-state index < -0.39 is 21.8 Å². The van der Waals surface area contributed by atoms with Crippen LogP contribution in [0.2, 0.25) is 0 Å². The van der Waals surface area contributed by atoms with Gasteiger partial charge in [-0.15, -0.1) is 0 Å². The molecule has 2 aromatic rings. The van der Waals surface area contributed by atoms with Gasteiger partial charge in [0.1, 0.15) is 6.04 Å². The Morgan fingerprint density at radius 1 is 1.19 bits per heavy atom. The van der Waals surface area contributed by atoms with E-state index >= 15 is 0 Å². The van der Waals surface area contributed by atoms with Crippen molar-refractivity contribution in [3.8, 4) is 0 Å². The predicted octanol–water partition coefficient (Wildman–Crippen LogP) is 0.143. The maximum atomic E-state index is 13.2. The molecular weight excluding hydrogens is 374 g/mol. The van der Waals surface area contributed by atoms with Crippen LogP contribution in [0.1, 0.15) is 12.8 Å². The lowest BCUT2D eigenvalue weighted by molar-refractivity contribution is -0.138. The Balaban J connectivity index is 1.66. The summed E-state index contributed by atoms with van der Waals surface area (Å²) in [7, 11) is -2.33. The van der Waals surface area contributed by atoms with Gasteiger partial charge in [-0.3, -0.25) is 9.36 Å². The number of carbonyl (C=O) groups excluding carboxylic acids is 1. The number of sulfonamides is 1. The van der Waals surface area contributed by atoms with Gasteiger partial charge in [0.15, 0.2) is 5.58 Å². The molecule has 2 aliphatic rings. The zero-order chi connectivity index (χ0) is 19.2. The second kappa shape index (κ2) is 6.77. The summed E-state index contributed by atoms with van der Waals surface area (Å²) in [5.74, 6) is -0.729. The molecule has 27 heavy (non-hydrogen) atoms. The number of fused-ring (bicyclic) bond motifs is 1. The molecular formula is C17H21N3O6S. The molecule has 0 unspecified atom stereocenters. The quantitative estimate of drug-likeness (QED) is 0.733. The number of hydrogen-bond acceptors (Lipinski definition) is 6. The molecule has 0 saturated carbocycles. The van der Waals surface area contributed by atoms with Gasteiger partial charge in [-0.1, -0.05) is 0 Å². The van der Waals surface area contributed by atoms with Crippen LogP contribution in [0.3, 0.4) is 0 Å². The van der Waals surface area contributed by atoms with Crippen molar-refractivity contribution < 1.29 is 22.4 Å². The maximum Gasteiger partial charge on any atom is 0.419 e. The topological polar surface area (TPSA) is 102 Å². The first kappa shape index (κ1) is 18.2. The van der Waals surface area contributed by atoms with Gasteiger partial charge in [-0.05, 0) is 25.0 Å². The molecule has 2 fully saturated rings. The Kier molecular flexibility index (Phi) is 4.57. The summed E-state index contributed by atoms with van der Waals surface area (Å²) >= 11 is 0. The Hall–Kier alpha value is -2.17. The van der Waals surface area contributed by atoms with Crippen LogP contribution in [0.5, 0.6) is 0 Å². The third-order valence-corrected chi connectivity index (χ3v) is 7.09. The van der Waals surface area contributed by atoms with Gasteiger partial charge in [0.25, 0.3) is 0 Å². The van der Waals surface area contributed by atoms with Gasteiger partial charge in [0.2, 0.25) is 15.9 Å². The molecule has 1 aromatic heterocycles. The molecule has 0 bridgehead atoms. The van der Waals surface area contributed by atoms with Gasteiger partial charge in [0.05, 0.1) is 23.6 Å². The van der Waals surface area contributed by atoms with E-state index in [1.165, 1.54) is 21.0 Å². The summed E-state index contributed by atoms with van der Waals surface area (Å²) in [6.07, 6.45) is 1.13. The molecule has 2 saturated heterocycles. The highest BCUT2D eigenvalue weighted by atomic mass is 32.2. The zero-order valence-corrected chi connectivity index (χ0v) is 15.8. The molecule has 0 radical (unpaired) electrons. The molecule has 2 aliphatic heterocycles. The molecule has 1 aromatic carbocycles. The average molecular weight is 395 g/mol. The number of aromatic nitrogens is 1. The summed E-state index contributed by atoms with van der Waals surface area (Å²) in [6.45, 7) is 2.18. The minimum absolute atomic E-state index is 0.0195. The Morgan fingerprint density at radius 2 is 1.93 bits per heavy atom. The minimum atomic E-state index is -3.88. The highest BCUT2D eigenvalue weighted by Gasteiger charge is 2.41. The number of hydrogen-bond donors (Lipinski definition) is 0. The molecule has 0 N–H and O–H groups in total. The molecule has 3 heterocycles. The number of carbonyl (C=O) groups is 1. The first-order chi connectivity index (χ1) is 12.9. The van der Waals surface area contributed by atoms with Crippen LogP contribution >= 0.6 is 0 Å². The van der Waals surface area contributed by atoms with Crippen molar-refractivity contribution in [2.75, 3.05) is 32.8 Å². The van der Waals surface area contributed by atoms with Crippen LogP contribution in [0.25, 0.3) is 11.1 Å². The summed E-state index contributed by atoms with van der Waals surface area (Å²) < 4.78 is 39.3. The van der Waals surface area contributed by atoms with Gasteiger partial charge in [-0.2, -0.15) is 4.31 Å². The standard InChI is InChI=1S/C17H21N3O6S/c1-18-13-5-4-12(11-15(13)26-17(18)22)27(23,24)20-6-2-3-14(20)16(21)19-7-9-25-10-8-19/h4-5,11,14H,2-3,6-10H2,1H3/t14-/m0/s1. The lowest BCUT2D eigenvalue weighted by atomic mass is 10.2. The summed E-state index contributed by atoms with van der Waals surface area (Å²) in [4.78, 5) is 26.2. The summed E-state index contributed by atoms with van der Waals surface area (Å²) in [6, 6.07) is 3.63. The largest absolute Gasteiger partial charge is 0.419 e. The van der Waals surface area contributed by atoms with Gasteiger partial charge in [-0.25, -0.2) is 13.2 Å². The van der Waals surface area contributed by atoms with Crippen LogP contribution in [0.4, 0.5) is 0 Å². The fraction of sp³-hybridized carbons (Fsp3) is 0.529. The van der Waals surface area contributed by atoms with Gasteiger partial charge in [0, 0.05) is 32.7 Å². The number of amides is 1. The van der Waals surface area contributed by atoms with Crippen molar-refractivity contribution >= 4 is 27.0 Å². The molecule has 1 atom stereocenters. The number of benzene rings is 1. The number of ether oxygens (including phenoxy) is 1. The van der Waals surface area contributed by atoms with Crippen molar-refractivity contribution in [1.82, 2.24) is 13.8 Å². The van der Waals surface area contributed by atoms with Crippen molar-refractivity contribution in [1.29, 1.82) is 0 Å².